The van der Waals surface area contributed by atoms with E-state index < -0.39 is 0 Å². The predicted octanol–water partition coefficient (Wildman–Crippen LogP) is 3.91. The quantitative estimate of drug-likeness (QED) is 0.791. The molecule has 1 aromatic carbocycles. The normalized spacial score (nSPS) is 19.0. The Bertz CT molecular complexity index is 735. The lowest BCUT2D eigenvalue weighted by Crippen LogP contribution is -2.33. The van der Waals surface area contributed by atoms with Crippen molar-refractivity contribution in [2.45, 2.75) is 25.3 Å². The number of likely N-dealkylation sites (tertiary alicyclic amines) is 1. The zero-order valence-electron chi connectivity index (χ0n) is 13.0. The first-order valence-corrected chi connectivity index (χ1v) is 8.97. The number of rotatable bonds is 4. The Balaban J connectivity index is 1.49. The van der Waals surface area contributed by atoms with Gasteiger partial charge in [-0.05, 0) is 24.9 Å². The molecule has 0 unspecified atom stereocenters. The molecule has 0 radical (unpaired) electrons. The van der Waals surface area contributed by atoms with Crippen LogP contribution < -0.4 is 0 Å². The summed E-state index contributed by atoms with van der Waals surface area (Å²) in [5.74, 6) is 0.579. The van der Waals surface area contributed by atoms with Crippen molar-refractivity contribution in [3.63, 3.8) is 0 Å². The molecule has 1 atom stereocenters. The number of aromatic nitrogens is 3. The van der Waals surface area contributed by atoms with Gasteiger partial charge < -0.3 is 0 Å². The number of thiazole rings is 1. The van der Waals surface area contributed by atoms with Crippen LogP contribution >= 0.6 is 11.3 Å². The second kappa shape index (κ2) is 6.64. The van der Waals surface area contributed by atoms with Gasteiger partial charge in [-0.25, -0.2) is 4.98 Å². The molecule has 2 aromatic heterocycles. The Kier molecular flexibility index (Phi) is 4.22. The van der Waals surface area contributed by atoms with E-state index in [1.807, 2.05) is 18.5 Å². The van der Waals surface area contributed by atoms with E-state index in [1.54, 1.807) is 11.3 Å². The molecule has 0 bridgehead atoms. The molecule has 23 heavy (non-hydrogen) atoms. The van der Waals surface area contributed by atoms with Gasteiger partial charge in [-0.15, -0.1) is 11.3 Å². The van der Waals surface area contributed by atoms with Crippen LogP contribution in [0, 0.1) is 0 Å². The Morgan fingerprint density at radius 3 is 3.00 bits per heavy atom. The van der Waals surface area contributed by atoms with Crippen molar-refractivity contribution in [1.29, 1.82) is 0 Å². The van der Waals surface area contributed by atoms with Gasteiger partial charge in [0.25, 0.3) is 0 Å². The van der Waals surface area contributed by atoms with Crippen LogP contribution in [0.25, 0.3) is 11.3 Å². The first-order valence-electron chi connectivity index (χ1n) is 8.09. The maximum atomic E-state index is 4.51. The fourth-order valence-electron chi connectivity index (χ4n) is 3.36. The van der Waals surface area contributed by atoms with E-state index in [-0.39, 0.29) is 0 Å². The smallest absolute Gasteiger partial charge is 0.0968 e. The minimum atomic E-state index is 0.579. The van der Waals surface area contributed by atoms with Crippen molar-refractivity contribution in [3.8, 4) is 11.3 Å². The Morgan fingerprint density at radius 2 is 2.17 bits per heavy atom. The summed E-state index contributed by atoms with van der Waals surface area (Å²) in [6, 6.07) is 10.4. The van der Waals surface area contributed by atoms with E-state index in [2.05, 4.69) is 49.7 Å². The molecule has 0 amide bonds. The Hall–Kier alpha value is -1.98. The highest BCUT2D eigenvalue weighted by molar-refractivity contribution is 7.09. The van der Waals surface area contributed by atoms with Gasteiger partial charge in [-0.1, -0.05) is 30.3 Å². The van der Waals surface area contributed by atoms with E-state index in [1.165, 1.54) is 29.0 Å². The maximum Gasteiger partial charge on any atom is 0.0968 e. The molecule has 1 saturated heterocycles. The van der Waals surface area contributed by atoms with Gasteiger partial charge in [-0.3, -0.25) is 10.00 Å². The van der Waals surface area contributed by atoms with Crippen LogP contribution in [0.4, 0.5) is 0 Å². The monoisotopic (exact) mass is 324 g/mol. The van der Waals surface area contributed by atoms with Crippen molar-refractivity contribution in [2.75, 3.05) is 13.1 Å². The average molecular weight is 324 g/mol. The molecule has 118 valence electrons. The van der Waals surface area contributed by atoms with Crippen molar-refractivity contribution in [2.24, 2.45) is 0 Å². The second-order valence-electron chi connectivity index (χ2n) is 6.08. The van der Waals surface area contributed by atoms with Gasteiger partial charge in [0.1, 0.15) is 0 Å². The fraction of sp³-hybridized carbons (Fsp3) is 0.333. The number of piperidine rings is 1. The van der Waals surface area contributed by atoms with E-state index in [4.69, 9.17) is 0 Å². The van der Waals surface area contributed by atoms with E-state index in [0.29, 0.717) is 5.92 Å². The van der Waals surface area contributed by atoms with Crippen molar-refractivity contribution in [3.05, 3.63) is 58.7 Å². The molecule has 3 aromatic rings. The molecule has 5 heteroatoms. The molecule has 1 aliphatic rings. The van der Waals surface area contributed by atoms with Crippen molar-refractivity contribution in [1.82, 2.24) is 20.1 Å². The first kappa shape index (κ1) is 14.6. The van der Waals surface area contributed by atoms with Gasteiger partial charge in [0.2, 0.25) is 0 Å². The zero-order valence-corrected chi connectivity index (χ0v) is 13.8. The van der Waals surface area contributed by atoms with Crippen LogP contribution in [0.15, 0.2) is 48.1 Å². The van der Waals surface area contributed by atoms with Gasteiger partial charge >= 0.3 is 0 Å². The van der Waals surface area contributed by atoms with Crippen molar-refractivity contribution >= 4 is 11.3 Å². The molecule has 3 heterocycles. The fourth-order valence-corrected chi connectivity index (χ4v) is 4.13. The third kappa shape index (κ3) is 3.21. The summed E-state index contributed by atoms with van der Waals surface area (Å²) < 4.78 is 0. The standard InChI is InChI=1S/C18H20N4S/c1-2-5-14(6-3-1)17-16(11-20-21-17)13-22-9-4-7-15(12-22)18-19-8-10-23-18/h1-3,5-6,8,10-11,15H,4,7,9,12-13H2,(H,20,21)/t15-/m1/s1. The van der Waals surface area contributed by atoms with Gasteiger partial charge in [0, 0.05) is 36.1 Å². The lowest BCUT2D eigenvalue weighted by Gasteiger charge is -2.31. The third-order valence-corrected chi connectivity index (χ3v) is 5.42. The SMILES string of the molecule is c1ccc(-c2[nH]ncc2CN2CCC[C@@H](c3nccs3)C2)cc1. The highest BCUT2D eigenvalue weighted by Crippen LogP contribution is 2.30. The summed E-state index contributed by atoms with van der Waals surface area (Å²) >= 11 is 1.78. The summed E-state index contributed by atoms with van der Waals surface area (Å²) in [5, 5.41) is 10.8. The van der Waals surface area contributed by atoms with E-state index in [9.17, 15) is 0 Å². The zero-order chi connectivity index (χ0) is 15.5. The van der Waals surface area contributed by atoms with Crippen LogP contribution in [0.3, 0.4) is 0 Å². The summed E-state index contributed by atoms with van der Waals surface area (Å²) in [7, 11) is 0. The average Bonchev–Trinajstić information content (AvgIpc) is 3.28. The van der Waals surface area contributed by atoms with Crippen LogP contribution in [0.1, 0.15) is 29.3 Å². The molecular formula is C18H20N4S. The van der Waals surface area contributed by atoms with Crippen LogP contribution in [0.5, 0.6) is 0 Å². The lowest BCUT2D eigenvalue weighted by atomic mass is 9.98. The summed E-state index contributed by atoms with van der Waals surface area (Å²) in [6.07, 6.45) is 6.38. The molecular weight excluding hydrogens is 304 g/mol. The van der Waals surface area contributed by atoms with E-state index in [0.717, 1.165) is 25.3 Å². The summed E-state index contributed by atoms with van der Waals surface area (Å²) in [4.78, 5) is 7.04. The minimum Gasteiger partial charge on any atom is -0.298 e. The van der Waals surface area contributed by atoms with Crippen LogP contribution in [-0.2, 0) is 6.54 Å². The minimum absolute atomic E-state index is 0.579. The number of aromatic amines is 1. The summed E-state index contributed by atoms with van der Waals surface area (Å²) in [6.45, 7) is 3.19. The second-order valence-corrected chi connectivity index (χ2v) is 7.01. The number of nitrogens with zero attached hydrogens (tertiary/aromatic N) is 3. The Labute approximate surface area is 140 Å². The molecule has 4 rings (SSSR count). The van der Waals surface area contributed by atoms with Gasteiger partial charge in [-0.2, -0.15) is 5.10 Å². The molecule has 1 fully saturated rings. The number of hydrogen-bond acceptors (Lipinski definition) is 4. The molecule has 0 aliphatic carbocycles. The van der Waals surface area contributed by atoms with Crippen LogP contribution in [-0.4, -0.2) is 33.2 Å². The number of benzene rings is 1. The van der Waals surface area contributed by atoms with E-state index >= 15 is 0 Å². The number of H-pyrrole nitrogens is 1. The molecule has 1 aliphatic heterocycles. The molecule has 0 saturated carbocycles. The first-order chi connectivity index (χ1) is 11.4. The topological polar surface area (TPSA) is 44.8 Å². The Morgan fingerprint density at radius 1 is 1.26 bits per heavy atom. The van der Waals surface area contributed by atoms with Crippen LogP contribution in [0.2, 0.25) is 0 Å². The lowest BCUT2D eigenvalue weighted by molar-refractivity contribution is 0.200. The van der Waals surface area contributed by atoms with Gasteiger partial charge in [0.05, 0.1) is 16.9 Å². The third-order valence-electron chi connectivity index (χ3n) is 4.48. The molecule has 0 spiro atoms. The molecule has 4 nitrogen and oxygen atoms in total. The largest absolute Gasteiger partial charge is 0.298 e. The predicted molar refractivity (Wildman–Crippen MR) is 93.4 cm³/mol. The highest BCUT2D eigenvalue weighted by atomic mass is 32.1. The highest BCUT2D eigenvalue weighted by Gasteiger charge is 2.24. The van der Waals surface area contributed by atoms with Gasteiger partial charge in [0.15, 0.2) is 0 Å². The number of nitrogens with one attached hydrogen (secondary N) is 1. The number of hydrogen-bond donors (Lipinski definition) is 1. The maximum absolute atomic E-state index is 4.51. The molecule has 1 N–H and O–H groups in total. The van der Waals surface area contributed by atoms with Crippen molar-refractivity contribution < 1.29 is 0 Å². The summed E-state index contributed by atoms with van der Waals surface area (Å²) in [5.41, 5.74) is 3.62.